The molecule has 2 rings (SSSR count). The van der Waals surface area contributed by atoms with Crippen molar-refractivity contribution in [2.45, 2.75) is 32.0 Å². The minimum absolute atomic E-state index is 0.144. The summed E-state index contributed by atoms with van der Waals surface area (Å²) in [5.74, 6) is -2.28. The molecule has 1 aliphatic heterocycles. The minimum atomic E-state index is -1.17. The Morgan fingerprint density at radius 2 is 1.86 bits per heavy atom. The number of hydrogen-bond donors (Lipinski definition) is 3. The van der Waals surface area contributed by atoms with Gasteiger partial charge in [0.05, 0.1) is 0 Å². The van der Waals surface area contributed by atoms with Crippen molar-refractivity contribution in [3.05, 3.63) is 35.4 Å². The zero-order valence-corrected chi connectivity index (χ0v) is 11.4. The van der Waals surface area contributed by atoms with Crippen LogP contribution in [0.5, 0.6) is 0 Å². The van der Waals surface area contributed by atoms with E-state index in [1.54, 1.807) is 0 Å². The van der Waals surface area contributed by atoms with Gasteiger partial charge in [0.25, 0.3) is 0 Å². The second-order valence-electron chi connectivity index (χ2n) is 4.96. The summed E-state index contributed by atoms with van der Waals surface area (Å²) in [6, 6.07) is 4.53. The van der Waals surface area contributed by atoms with E-state index in [1.807, 2.05) is 24.3 Å². The predicted octanol–water partition coefficient (Wildman–Crippen LogP) is 0.681. The van der Waals surface area contributed by atoms with E-state index in [0.29, 0.717) is 0 Å². The maximum absolute atomic E-state index is 12.1. The molecule has 0 radical (unpaired) electrons. The number of fused-ring (bicyclic) bond motifs is 1. The summed E-state index contributed by atoms with van der Waals surface area (Å²) in [6.45, 7) is 1.47. The molecule has 0 aliphatic carbocycles. The van der Waals surface area contributed by atoms with Crippen LogP contribution in [0.1, 0.15) is 18.1 Å². The average molecular weight is 292 g/mol. The predicted molar refractivity (Wildman–Crippen MR) is 72.7 cm³/mol. The Kier molecular flexibility index (Phi) is 4.11. The third kappa shape index (κ3) is 3.13. The van der Waals surface area contributed by atoms with E-state index < -0.39 is 30.1 Å². The molecule has 1 heterocycles. The van der Waals surface area contributed by atoms with Crippen molar-refractivity contribution in [3.8, 4) is 0 Å². The second-order valence-corrected chi connectivity index (χ2v) is 4.96. The smallest absolute Gasteiger partial charge is 0.326 e. The van der Waals surface area contributed by atoms with Crippen molar-refractivity contribution < 1.29 is 24.6 Å². The summed E-state index contributed by atoms with van der Waals surface area (Å²) in [7, 11) is 0. The molecule has 0 saturated carbocycles. The molecule has 0 aromatic heterocycles. The van der Waals surface area contributed by atoms with E-state index in [2.05, 4.69) is 5.32 Å². The van der Waals surface area contributed by atoms with Crippen LogP contribution in [-0.2, 0) is 22.6 Å². The fourth-order valence-corrected chi connectivity index (χ4v) is 2.29. The summed E-state index contributed by atoms with van der Waals surface area (Å²) in [4.78, 5) is 35.4. The number of hydrogen-bond acceptors (Lipinski definition) is 3. The van der Waals surface area contributed by atoms with Crippen LogP contribution >= 0.6 is 0 Å². The lowest BCUT2D eigenvalue weighted by molar-refractivity contribution is -0.142. The van der Waals surface area contributed by atoms with Gasteiger partial charge in [0.1, 0.15) is 12.1 Å². The third-order valence-electron chi connectivity index (χ3n) is 3.50. The van der Waals surface area contributed by atoms with E-state index in [4.69, 9.17) is 5.11 Å². The highest BCUT2D eigenvalue weighted by atomic mass is 16.4. The van der Waals surface area contributed by atoms with Crippen LogP contribution in [0.15, 0.2) is 24.3 Å². The fraction of sp³-hybridized carbons (Fsp3) is 0.357. The maximum Gasteiger partial charge on any atom is 0.326 e. The number of nitrogens with zero attached hydrogens (tertiary/aromatic N) is 1. The van der Waals surface area contributed by atoms with E-state index >= 15 is 0 Å². The number of urea groups is 1. The molecular weight excluding hydrogens is 276 g/mol. The van der Waals surface area contributed by atoms with Crippen molar-refractivity contribution >= 4 is 18.0 Å². The summed E-state index contributed by atoms with van der Waals surface area (Å²) in [5.41, 5.74) is 1.76. The Hall–Kier alpha value is -2.57. The van der Waals surface area contributed by atoms with E-state index in [1.165, 1.54) is 6.92 Å². The number of nitrogens with one attached hydrogen (secondary N) is 1. The summed E-state index contributed by atoms with van der Waals surface area (Å²) < 4.78 is 0. The molecule has 1 aromatic carbocycles. The van der Waals surface area contributed by atoms with Gasteiger partial charge >= 0.3 is 18.0 Å². The Labute approximate surface area is 121 Å². The van der Waals surface area contributed by atoms with E-state index in [9.17, 15) is 19.5 Å². The first-order valence-electron chi connectivity index (χ1n) is 6.49. The van der Waals surface area contributed by atoms with Crippen LogP contribution in [0, 0.1) is 0 Å². The number of benzene rings is 1. The van der Waals surface area contributed by atoms with Gasteiger partial charge < -0.3 is 20.4 Å². The molecule has 112 valence electrons. The van der Waals surface area contributed by atoms with Crippen molar-refractivity contribution in [1.82, 2.24) is 10.2 Å². The largest absolute Gasteiger partial charge is 0.480 e. The van der Waals surface area contributed by atoms with E-state index in [0.717, 1.165) is 16.0 Å². The van der Waals surface area contributed by atoms with Crippen LogP contribution in [0.4, 0.5) is 4.79 Å². The zero-order valence-electron chi connectivity index (χ0n) is 11.4. The number of carbonyl (C=O) groups is 3. The van der Waals surface area contributed by atoms with Crippen molar-refractivity contribution in [2.75, 3.05) is 0 Å². The summed E-state index contributed by atoms with van der Waals surface area (Å²) >= 11 is 0. The molecular formula is C14H16N2O5. The molecule has 3 N–H and O–H groups in total. The number of carboxylic acids is 2. The number of carbonyl (C=O) groups excluding carboxylic acids is 1. The van der Waals surface area contributed by atoms with Crippen LogP contribution in [0.2, 0.25) is 0 Å². The minimum Gasteiger partial charge on any atom is -0.480 e. The zero-order chi connectivity index (χ0) is 15.6. The first-order chi connectivity index (χ1) is 9.90. The Morgan fingerprint density at radius 3 is 2.43 bits per heavy atom. The number of amides is 2. The van der Waals surface area contributed by atoms with Crippen LogP contribution in [0.25, 0.3) is 0 Å². The molecule has 2 atom stereocenters. The SMILES string of the molecule is C[C@@H](NC(=O)N1Cc2ccccc2C[C@H]1C(=O)O)C(=O)O. The van der Waals surface area contributed by atoms with Gasteiger partial charge in [-0.1, -0.05) is 24.3 Å². The van der Waals surface area contributed by atoms with Gasteiger partial charge in [-0.2, -0.15) is 0 Å². The van der Waals surface area contributed by atoms with Gasteiger partial charge in [-0.05, 0) is 18.1 Å². The van der Waals surface area contributed by atoms with Crippen molar-refractivity contribution in [3.63, 3.8) is 0 Å². The van der Waals surface area contributed by atoms with Crippen molar-refractivity contribution in [1.29, 1.82) is 0 Å². The van der Waals surface area contributed by atoms with Gasteiger partial charge in [0.2, 0.25) is 0 Å². The van der Waals surface area contributed by atoms with Gasteiger partial charge in [-0.25, -0.2) is 9.59 Å². The molecule has 7 nitrogen and oxygen atoms in total. The Morgan fingerprint density at radius 1 is 1.24 bits per heavy atom. The number of rotatable bonds is 3. The quantitative estimate of drug-likeness (QED) is 0.759. The fourth-order valence-electron chi connectivity index (χ4n) is 2.29. The summed E-state index contributed by atoms with van der Waals surface area (Å²) in [6.07, 6.45) is 0.209. The highest BCUT2D eigenvalue weighted by Crippen LogP contribution is 2.23. The normalized spacial score (nSPS) is 18.5. The molecule has 21 heavy (non-hydrogen) atoms. The molecule has 0 bridgehead atoms. The van der Waals surface area contributed by atoms with Gasteiger partial charge in [-0.3, -0.25) is 4.79 Å². The van der Waals surface area contributed by atoms with Crippen LogP contribution < -0.4 is 5.32 Å². The highest BCUT2D eigenvalue weighted by molar-refractivity contribution is 5.86. The Balaban J connectivity index is 2.22. The lowest BCUT2D eigenvalue weighted by atomic mass is 9.94. The van der Waals surface area contributed by atoms with Gasteiger partial charge in [-0.15, -0.1) is 0 Å². The molecule has 7 heteroatoms. The molecule has 0 saturated heterocycles. The lowest BCUT2D eigenvalue weighted by Crippen LogP contribution is -2.54. The van der Waals surface area contributed by atoms with Crippen LogP contribution in [-0.4, -0.2) is 45.2 Å². The lowest BCUT2D eigenvalue weighted by Gasteiger charge is -2.34. The van der Waals surface area contributed by atoms with Gasteiger partial charge in [0.15, 0.2) is 0 Å². The van der Waals surface area contributed by atoms with Crippen molar-refractivity contribution in [2.24, 2.45) is 0 Å². The average Bonchev–Trinajstić information content (AvgIpc) is 2.45. The Bertz CT molecular complexity index is 586. The first-order valence-corrected chi connectivity index (χ1v) is 6.49. The summed E-state index contributed by atoms with van der Waals surface area (Å²) in [5, 5.41) is 20.4. The first kappa shape index (κ1) is 14.8. The molecule has 0 spiro atoms. The van der Waals surface area contributed by atoms with Crippen LogP contribution in [0.3, 0.4) is 0 Å². The second kappa shape index (κ2) is 5.82. The molecule has 0 fully saturated rings. The monoisotopic (exact) mass is 292 g/mol. The number of carboxylic acid groups (broad SMARTS) is 2. The third-order valence-corrected chi connectivity index (χ3v) is 3.50. The molecule has 0 unspecified atom stereocenters. The van der Waals surface area contributed by atoms with Gasteiger partial charge in [0, 0.05) is 13.0 Å². The molecule has 1 aliphatic rings. The molecule has 1 aromatic rings. The topological polar surface area (TPSA) is 107 Å². The maximum atomic E-state index is 12.1. The molecule has 2 amide bonds. The van der Waals surface area contributed by atoms with E-state index in [-0.39, 0.29) is 13.0 Å². The standard InChI is InChI=1S/C14H16N2O5/c1-8(12(17)18)15-14(21)16-7-10-5-3-2-4-9(10)6-11(16)13(19)20/h2-5,8,11H,6-7H2,1H3,(H,15,21)(H,17,18)(H,19,20)/t8-,11+/m1/s1. The highest BCUT2D eigenvalue weighted by Gasteiger charge is 2.35. The number of aliphatic carboxylic acids is 2.